The Morgan fingerprint density at radius 2 is 0.360 bits per heavy atom. The molecule has 16 rings (SSSR count). The van der Waals surface area contributed by atoms with E-state index in [2.05, 4.69) is 192 Å². The van der Waals surface area contributed by atoms with Gasteiger partial charge in [0.15, 0.2) is 0 Å². The second-order valence-corrected chi connectivity index (χ2v) is 40.2. The van der Waals surface area contributed by atoms with Crippen LogP contribution in [0.1, 0.15) is 271 Å². The molecular weight excluding hydrogens is 1530 g/mol. The molecule has 0 aliphatic carbocycles. The lowest BCUT2D eigenvalue weighted by atomic mass is 9.92. The van der Waals surface area contributed by atoms with Gasteiger partial charge in [0.05, 0.1) is 35.2 Å². The highest BCUT2D eigenvalue weighted by atomic mass is 32.1. The van der Waals surface area contributed by atoms with Gasteiger partial charge in [-0.3, -0.25) is 0 Å². The van der Waals surface area contributed by atoms with Crippen molar-refractivity contribution in [2.45, 2.75) is 276 Å². The molecule has 0 aliphatic heterocycles. The van der Waals surface area contributed by atoms with Crippen LogP contribution in [0.5, 0.6) is 0 Å². The lowest BCUT2D eigenvalue weighted by Gasteiger charge is -2.13. The van der Waals surface area contributed by atoms with Crippen molar-refractivity contribution in [2.75, 3.05) is 0 Å². The molecule has 13 aromatic heterocycles. The van der Waals surface area contributed by atoms with Crippen LogP contribution in [0.15, 0.2) is 109 Å². The van der Waals surface area contributed by atoms with E-state index >= 15 is 0 Å². The molecule has 588 valence electrons. The Kier molecular flexibility index (Phi) is 30.8. The number of benzene rings is 3. The quantitative estimate of drug-likeness (QED) is 0.0389. The highest BCUT2D eigenvalue weighted by Crippen LogP contribution is 2.44. The van der Waals surface area contributed by atoms with Gasteiger partial charge in [0, 0.05) is 88.7 Å². The predicted octanol–water partition coefficient (Wildman–Crippen LogP) is 34.1. The van der Waals surface area contributed by atoms with E-state index in [-0.39, 0.29) is 0 Å². The van der Waals surface area contributed by atoms with Gasteiger partial charge in [-0.05, 0) is 180 Å². The Morgan fingerprint density at radius 3 is 0.495 bits per heavy atom. The fourth-order valence-electron chi connectivity index (χ4n) is 17.0. The van der Waals surface area contributed by atoms with E-state index in [0.29, 0.717) is 35.5 Å². The molecule has 0 fully saturated rings. The van der Waals surface area contributed by atoms with E-state index in [1.54, 1.807) is 0 Å². The summed E-state index contributed by atoms with van der Waals surface area (Å²) < 4.78 is 47.3. The molecule has 13 heterocycles. The summed E-state index contributed by atoms with van der Waals surface area (Å²) >= 11 is 15.8. The van der Waals surface area contributed by atoms with Crippen LogP contribution in [0, 0.1) is 35.5 Å². The zero-order valence-electron chi connectivity index (χ0n) is 68.4. The van der Waals surface area contributed by atoms with Gasteiger partial charge in [-0.1, -0.05) is 274 Å². The molecule has 6 atom stereocenters. The standard InChI is InChI=1S/C96H120N6S9/c1-13-25-31-61(19-7)49-67-55-85-73-37-38-74(92-91(73)97-109-98-92)87-57-69(51-63(21-9)33-27-15-3)81(105-87)45-46-82-71(53-65(23-11)35-29-17-5)59-89(107-82)77-41-42-78(96-95(77)101-111-102-96)90-60-72(54-66(24-12)36-30-18-6)84(108-90)48-47-83-70(52-64(22-10)34-28-16-4)58-88(106-83)76-40-39-75(93-94(76)100-110-99-93)86-56-68(50-62(20-8)32-26-14-2)80(104-86)44-43-79(67)103-85/h37-48,55-66H,13-36,49-54H2,1-12H3. The average Bonchev–Trinajstić information content (AvgIpc) is 1.63. The van der Waals surface area contributed by atoms with Gasteiger partial charge in [0.2, 0.25) is 0 Å². The number of thiophene rings is 6. The minimum Gasteiger partial charge on any atom is -0.172 e. The van der Waals surface area contributed by atoms with Gasteiger partial charge in [-0.2, -0.15) is 26.2 Å². The number of nitrogens with zero attached hydrogens (tertiary/aromatic N) is 6. The first-order chi connectivity index (χ1) is 54.4. The zero-order valence-corrected chi connectivity index (χ0v) is 75.8. The average molecular weight is 1650 g/mol. The van der Waals surface area contributed by atoms with Crippen LogP contribution < -0.4 is 0 Å². The molecule has 111 heavy (non-hydrogen) atoms. The number of aromatic nitrogens is 6. The van der Waals surface area contributed by atoms with Crippen molar-refractivity contribution in [2.24, 2.45) is 35.5 Å². The highest BCUT2D eigenvalue weighted by Gasteiger charge is 2.22. The maximum Gasteiger partial charge on any atom is 0.114 e. The summed E-state index contributed by atoms with van der Waals surface area (Å²) in [5, 5.41) is 7.13. The molecule has 15 heteroatoms. The summed E-state index contributed by atoms with van der Waals surface area (Å²) in [6.45, 7) is 28.5. The van der Waals surface area contributed by atoms with E-state index in [4.69, 9.17) is 26.2 Å². The molecule has 0 N–H and O–H groups in total. The van der Waals surface area contributed by atoms with Crippen molar-refractivity contribution >= 4 is 225 Å². The molecular formula is C96H120N6S9. The summed E-state index contributed by atoms with van der Waals surface area (Å²) in [6, 6.07) is 44.6. The summed E-state index contributed by atoms with van der Waals surface area (Å²) in [6.07, 6.45) is 35.8. The van der Waals surface area contributed by atoms with Crippen molar-refractivity contribution < 1.29 is 0 Å². The number of rotatable bonds is 36. The third kappa shape index (κ3) is 20.0. The van der Waals surface area contributed by atoms with Crippen molar-refractivity contribution in [3.8, 4) is 0 Å². The largest absolute Gasteiger partial charge is 0.172 e. The Hall–Kier alpha value is -5.46. The first kappa shape index (κ1) is 83.5. The van der Waals surface area contributed by atoms with Crippen molar-refractivity contribution in [3.63, 3.8) is 0 Å². The second-order valence-electron chi connectivity index (χ2n) is 32.1. The van der Waals surface area contributed by atoms with Crippen LogP contribution in [-0.4, -0.2) is 26.2 Å². The lowest BCUT2D eigenvalue weighted by Crippen LogP contribution is -2.02. The SMILES string of the molecule is CCCCC(CC)Cc1cc2sc1ccc1sc(cc1CC(CC)CCCC)c1ccc(c3cc(CC(CC)CCCC)c(ccc4sc(cc4CC(CC)CCCC)c4ccc(c5cc(CC(CC)CCCC)c(ccc6sc(cc6CC(CC)CCCC)c6ccc2c2nsnc62)s5)c2nsnc42)s3)c2nsnc12. The maximum atomic E-state index is 5.24. The van der Waals surface area contributed by atoms with Crippen LogP contribution in [0.25, 0.3) is 122 Å². The number of hydrogen-bond acceptors (Lipinski definition) is 15. The van der Waals surface area contributed by atoms with E-state index in [1.165, 1.54) is 311 Å². The summed E-state index contributed by atoms with van der Waals surface area (Å²) in [5.74, 6) is 3.69. The van der Waals surface area contributed by atoms with Crippen molar-refractivity contribution in [3.05, 3.63) is 143 Å². The third-order valence-electron chi connectivity index (χ3n) is 24.4. The van der Waals surface area contributed by atoms with Crippen LogP contribution in [0.4, 0.5) is 0 Å². The molecule has 0 aliphatic rings. The topological polar surface area (TPSA) is 77.3 Å². The van der Waals surface area contributed by atoms with Crippen LogP contribution in [0.2, 0.25) is 0 Å². The Morgan fingerprint density at radius 1 is 0.207 bits per heavy atom. The highest BCUT2D eigenvalue weighted by molar-refractivity contribution is 7.27. The predicted molar refractivity (Wildman–Crippen MR) is 506 cm³/mol. The normalized spacial score (nSPS) is 13.7. The number of hydrogen-bond donors (Lipinski definition) is 0. The minimum absolute atomic E-state index is 0.615. The molecule has 16 aromatic rings. The molecule has 0 saturated carbocycles. The molecule has 6 unspecified atom stereocenters. The Bertz CT molecular complexity index is 4730. The monoisotopic (exact) mass is 1640 g/mol. The fourth-order valence-corrected chi connectivity index (χ4v) is 25.5. The summed E-state index contributed by atoms with van der Waals surface area (Å²) in [5.41, 5.74) is 14.8. The van der Waals surface area contributed by atoms with Crippen LogP contribution in [-0.2, 0) is 38.5 Å². The first-order valence-electron chi connectivity index (χ1n) is 43.0. The smallest absolute Gasteiger partial charge is 0.114 e. The zero-order chi connectivity index (χ0) is 77.3. The van der Waals surface area contributed by atoms with Gasteiger partial charge in [-0.15, -0.1) is 68.0 Å². The second kappa shape index (κ2) is 40.9. The molecule has 0 saturated heterocycles. The summed E-state index contributed by atoms with van der Waals surface area (Å²) in [4.78, 5) is 0. The molecule has 3 aromatic carbocycles. The lowest BCUT2D eigenvalue weighted by molar-refractivity contribution is 0.450. The van der Waals surface area contributed by atoms with Gasteiger partial charge in [0.1, 0.15) is 33.1 Å². The van der Waals surface area contributed by atoms with Crippen LogP contribution in [0.3, 0.4) is 0 Å². The van der Waals surface area contributed by atoms with Gasteiger partial charge in [-0.25, -0.2) is 0 Å². The van der Waals surface area contributed by atoms with Gasteiger partial charge in [0.25, 0.3) is 0 Å². The van der Waals surface area contributed by atoms with Gasteiger partial charge < -0.3 is 0 Å². The molecule has 0 radical (unpaired) electrons. The molecule has 6 nitrogen and oxygen atoms in total. The Balaban J connectivity index is 1.11. The molecule has 0 amide bonds. The van der Waals surface area contributed by atoms with Crippen LogP contribution >= 0.6 is 103 Å². The maximum absolute atomic E-state index is 5.24. The van der Waals surface area contributed by atoms with Crippen molar-refractivity contribution in [1.82, 2.24) is 26.2 Å². The van der Waals surface area contributed by atoms with Gasteiger partial charge >= 0.3 is 0 Å². The van der Waals surface area contributed by atoms with E-state index in [1.807, 2.05) is 68.0 Å². The first-order valence-corrected chi connectivity index (χ1v) is 50.1. The number of unbranched alkanes of at least 4 members (excludes halogenated alkanes) is 6. The van der Waals surface area contributed by atoms with E-state index in [9.17, 15) is 0 Å². The molecule has 0 spiro atoms. The molecule has 18 bridgehead atoms. The van der Waals surface area contributed by atoms with E-state index in [0.717, 1.165) is 71.6 Å². The van der Waals surface area contributed by atoms with Crippen molar-refractivity contribution in [1.29, 1.82) is 0 Å². The third-order valence-corrected chi connectivity index (χ3v) is 33.0. The Labute approximate surface area is 698 Å². The fraction of sp³-hybridized carbons (Fsp3) is 0.500. The van der Waals surface area contributed by atoms with E-state index < -0.39 is 0 Å². The minimum atomic E-state index is 0.615. The summed E-state index contributed by atoms with van der Waals surface area (Å²) in [7, 11) is 0.